The zero-order chi connectivity index (χ0) is 14.8. The first-order valence-corrected chi connectivity index (χ1v) is 6.41. The summed E-state index contributed by atoms with van der Waals surface area (Å²) in [5.74, 6) is 2.36. The van der Waals surface area contributed by atoms with Crippen molar-refractivity contribution in [2.45, 2.75) is 25.1 Å². The molecule has 108 valence electrons. The molecule has 2 rings (SSSR count). The minimum Gasteiger partial charge on any atom is -0.381 e. The van der Waals surface area contributed by atoms with E-state index in [0.717, 1.165) is 38.1 Å². The predicted molar refractivity (Wildman–Crippen MR) is 71.6 cm³/mol. The van der Waals surface area contributed by atoms with Crippen LogP contribution in [0.3, 0.4) is 0 Å². The number of ether oxygens (including phenoxy) is 1. The van der Waals surface area contributed by atoms with E-state index in [1.807, 2.05) is 4.90 Å². The molecule has 0 radical (unpaired) electrons. The number of piperidine rings is 1. The number of anilines is 1. The van der Waals surface area contributed by atoms with Crippen LogP contribution in [0.15, 0.2) is 18.2 Å². The van der Waals surface area contributed by atoms with Gasteiger partial charge in [0.15, 0.2) is 0 Å². The van der Waals surface area contributed by atoms with E-state index in [9.17, 15) is 13.2 Å². The maximum absolute atomic E-state index is 12.7. The first-order valence-electron chi connectivity index (χ1n) is 6.41. The highest BCUT2D eigenvalue weighted by Crippen LogP contribution is 2.33. The molecular formula is C15H16F3NO. The van der Waals surface area contributed by atoms with Crippen molar-refractivity contribution in [2.24, 2.45) is 0 Å². The molecule has 5 heteroatoms. The van der Waals surface area contributed by atoms with E-state index in [2.05, 4.69) is 5.92 Å². The lowest BCUT2D eigenvalue weighted by molar-refractivity contribution is -0.137. The van der Waals surface area contributed by atoms with Gasteiger partial charge in [0.05, 0.1) is 17.4 Å². The molecule has 1 aliphatic rings. The maximum Gasteiger partial charge on any atom is 0.416 e. The summed E-state index contributed by atoms with van der Waals surface area (Å²) in [6, 6.07) is 3.58. The van der Waals surface area contributed by atoms with E-state index < -0.39 is 11.7 Å². The molecule has 2 nitrogen and oxygen atoms in total. The van der Waals surface area contributed by atoms with Crippen molar-refractivity contribution in [3.63, 3.8) is 0 Å². The van der Waals surface area contributed by atoms with E-state index >= 15 is 0 Å². The van der Waals surface area contributed by atoms with Crippen molar-refractivity contribution in [3.8, 4) is 12.3 Å². The number of hydrogen-bond donors (Lipinski definition) is 0. The average Bonchev–Trinajstić information content (AvgIpc) is 2.45. The summed E-state index contributed by atoms with van der Waals surface area (Å²) in [6.07, 6.45) is 2.90. The van der Waals surface area contributed by atoms with Gasteiger partial charge in [-0.1, -0.05) is 5.92 Å². The summed E-state index contributed by atoms with van der Waals surface area (Å²) in [4.78, 5) is 2.02. The van der Waals surface area contributed by atoms with Crippen molar-refractivity contribution in [3.05, 3.63) is 29.3 Å². The third kappa shape index (κ3) is 3.07. The average molecular weight is 283 g/mol. The second-order valence-electron chi connectivity index (χ2n) is 4.80. The molecule has 1 saturated heterocycles. The molecule has 1 aliphatic heterocycles. The van der Waals surface area contributed by atoms with E-state index in [0.29, 0.717) is 5.69 Å². The minimum absolute atomic E-state index is 0.218. The molecule has 0 bridgehead atoms. The Kier molecular flexibility index (Phi) is 4.24. The van der Waals surface area contributed by atoms with Crippen LogP contribution in [0.4, 0.5) is 18.9 Å². The van der Waals surface area contributed by atoms with Gasteiger partial charge in [0, 0.05) is 25.8 Å². The Morgan fingerprint density at radius 3 is 2.45 bits per heavy atom. The van der Waals surface area contributed by atoms with Gasteiger partial charge in [-0.05, 0) is 31.0 Å². The molecule has 0 spiro atoms. The Morgan fingerprint density at radius 2 is 1.95 bits per heavy atom. The molecule has 20 heavy (non-hydrogen) atoms. The van der Waals surface area contributed by atoms with Gasteiger partial charge in [-0.25, -0.2) is 0 Å². The van der Waals surface area contributed by atoms with Gasteiger partial charge in [-0.3, -0.25) is 0 Å². The Hall–Kier alpha value is -1.67. The zero-order valence-electron chi connectivity index (χ0n) is 11.2. The molecule has 1 heterocycles. The van der Waals surface area contributed by atoms with Gasteiger partial charge in [0.25, 0.3) is 0 Å². The highest BCUT2D eigenvalue weighted by molar-refractivity contribution is 5.62. The number of nitrogens with zero attached hydrogens (tertiary/aromatic N) is 1. The van der Waals surface area contributed by atoms with Gasteiger partial charge >= 0.3 is 6.18 Å². The molecule has 0 unspecified atom stereocenters. The first-order chi connectivity index (χ1) is 9.45. The molecule has 0 amide bonds. The Balaban J connectivity index is 2.23. The number of hydrogen-bond acceptors (Lipinski definition) is 2. The second kappa shape index (κ2) is 5.76. The lowest BCUT2D eigenvalue weighted by Crippen LogP contribution is -2.37. The van der Waals surface area contributed by atoms with Crippen LogP contribution in [0.2, 0.25) is 0 Å². The number of methoxy groups -OCH3 is 1. The van der Waals surface area contributed by atoms with Gasteiger partial charge in [0.1, 0.15) is 0 Å². The molecule has 0 saturated carbocycles. The van der Waals surface area contributed by atoms with Crippen LogP contribution >= 0.6 is 0 Å². The minimum atomic E-state index is -4.37. The highest BCUT2D eigenvalue weighted by atomic mass is 19.4. The van der Waals surface area contributed by atoms with Crippen molar-refractivity contribution >= 4 is 5.69 Å². The number of benzene rings is 1. The summed E-state index contributed by atoms with van der Waals surface area (Å²) >= 11 is 0. The zero-order valence-corrected chi connectivity index (χ0v) is 11.2. The molecular weight excluding hydrogens is 267 g/mol. The van der Waals surface area contributed by atoms with Crippen LogP contribution in [0, 0.1) is 12.3 Å². The summed E-state index contributed by atoms with van der Waals surface area (Å²) in [7, 11) is 1.67. The monoisotopic (exact) mass is 283 g/mol. The first kappa shape index (κ1) is 14.7. The number of rotatable bonds is 2. The maximum atomic E-state index is 12.7. The van der Waals surface area contributed by atoms with Gasteiger partial charge in [0.2, 0.25) is 0 Å². The van der Waals surface area contributed by atoms with Gasteiger partial charge < -0.3 is 9.64 Å². The highest BCUT2D eigenvalue weighted by Gasteiger charge is 2.31. The summed E-state index contributed by atoms with van der Waals surface area (Å²) in [6.45, 7) is 1.47. The van der Waals surface area contributed by atoms with Crippen LogP contribution in [0.1, 0.15) is 24.0 Å². The van der Waals surface area contributed by atoms with E-state index in [1.54, 1.807) is 7.11 Å². The Labute approximate surface area is 116 Å². The predicted octanol–water partition coefficient (Wildman–Crippen LogP) is 3.30. The standard InChI is InChI=1S/C15H16F3NO/c1-3-11-10-12(15(16,17)18)4-5-14(11)19-8-6-13(20-2)7-9-19/h1,4-5,10,13H,6-9H2,2H3. The Bertz CT molecular complexity index is 511. The molecule has 0 aliphatic carbocycles. The smallest absolute Gasteiger partial charge is 0.381 e. The number of halogens is 3. The van der Waals surface area contributed by atoms with E-state index in [-0.39, 0.29) is 11.7 Å². The number of alkyl halides is 3. The second-order valence-corrected chi connectivity index (χ2v) is 4.80. The number of terminal acetylenes is 1. The summed E-state index contributed by atoms with van der Waals surface area (Å²) in [5.41, 5.74) is 0.270. The fourth-order valence-electron chi connectivity index (χ4n) is 2.44. The lowest BCUT2D eigenvalue weighted by Gasteiger charge is -2.33. The van der Waals surface area contributed by atoms with E-state index in [1.165, 1.54) is 6.07 Å². The van der Waals surface area contributed by atoms with Crippen LogP contribution in [0.5, 0.6) is 0 Å². The third-order valence-corrected chi connectivity index (χ3v) is 3.60. The van der Waals surface area contributed by atoms with Gasteiger partial charge in [-0.2, -0.15) is 13.2 Å². The molecule has 0 aromatic heterocycles. The largest absolute Gasteiger partial charge is 0.416 e. The van der Waals surface area contributed by atoms with Crippen molar-refractivity contribution in [2.75, 3.05) is 25.1 Å². The van der Waals surface area contributed by atoms with Crippen molar-refractivity contribution < 1.29 is 17.9 Å². The van der Waals surface area contributed by atoms with Crippen LogP contribution < -0.4 is 4.90 Å². The fraction of sp³-hybridized carbons (Fsp3) is 0.467. The molecule has 0 N–H and O–H groups in total. The molecule has 0 atom stereocenters. The topological polar surface area (TPSA) is 12.5 Å². The summed E-state index contributed by atoms with van der Waals surface area (Å²) in [5, 5.41) is 0. The summed E-state index contributed by atoms with van der Waals surface area (Å²) < 4.78 is 43.3. The van der Waals surface area contributed by atoms with Crippen LogP contribution in [0.25, 0.3) is 0 Å². The van der Waals surface area contributed by atoms with Crippen molar-refractivity contribution in [1.29, 1.82) is 0 Å². The van der Waals surface area contributed by atoms with Crippen LogP contribution in [-0.4, -0.2) is 26.3 Å². The van der Waals surface area contributed by atoms with Crippen molar-refractivity contribution in [1.82, 2.24) is 0 Å². The lowest BCUT2D eigenvalue weighted by atomic mass is 10.0. The van der Waals surface area contributed by atoms with E-state index in [4.69, 9.17) is 11.2 Å². The molecule has 1 fully saturated rings. The fourth-order valence-corrected chi connectivity index (χ4v) is 2.44. The Morgan fingerprint density at radius 1 is 1.30 bits per heavy atom. The molecule has 1 aromatic rings. The third-order valence-electron chi connectivity index (χ3n) is 3.60. The SMILES string of the molecule is C#Cc1cc(C(F)(F)F)ccc1N1CCC(OC)CC1. The molecule has 1 aromatic carbocycles. The van der Waals surface area contributed by atoms with Gasteiger partial charge in [-0.15, -0.1) is 6.42 Å². The normalized spacial score (nSPS) is 17.1. The van der Waals surface area contributed by atoms with Crippen LogP contribution in [-0.2, 0) is 10.9 Å². The quantitative estimate of drug-likeness (QED) is 0.772.